The Hall–Kier alpha value is -4.27. The van der Waals surface area contributed by atoms with Gasteiger partial charge in [-0.05, 0) is 46.0 Å². The van der Waals surface area contributed by atoms with Gasteiger partial charge in [0.05, 0.1) is 6.04 Å². The summed E-state index contributed by atoms with van der Waals surface area (Å²) in [6.07, 6.45) is 11.6. The number of allylic oxidation sites excluding steroid dienone is 4. The van der Waals surface area contributed by atoms with Crippen molar-refractivity contribution in [3.8, 4) is 28.0 Å². The van der Waals surface area contributed by atoms with E-state index in [0.29, 0.717) is 0 Å². The minimum atomic E-state index is 0.0377. The van der Waals surface area contributed by atoms with Gasteiger partial charge in [0.15, 0.2) is 0 Å². The number of rotatable bonds is 4. The molecule has 0 spiro atoms. The van der Waals surface area contributed by atoms with Crippen LogP contribution >= 0.6 is 11.6 Å². The second-order valence-corrected chi connectivity index (χ2v) is 11.1. The third-order valence-corrected chi connectivity index (χ3v) is 8.70. The molecule has 0 amide bonds. The molecule has 3 heteroatoms. The summed E-state index contributed by atoms with van der Waals surface area (Å²) in [5, 5.41) is 4.65. The summed E-state index contributed by atoms with van der Waals surface area (Å²) >= 11 is 6.78. The maximum Gasteiger partial charge on any atom is 0.128 e. The Morgan fingerprint density at radius 3 is 2.10 bits per heavy atom. The van der Waals surface area contributed by atoms with Crippen LogP contribution in [-0.4, -0.2) is 6.10 Å². The van der Waals surface area contributed by atoms with Gasteiger partial charge in [-0.3, -0.25) is 0 Å². The van der Waals surface area contributed by atoms with Gasteiger partial charge in [-0.2, -0.15) is 0 Å². The molecule has 2 nitrogen and oxygen atoms in total. The zero-order valence-electron chi connectivity index (χ0n) is 22.3. The monoisotopic (exact) mass is 539 g/mol. The Bertz CT molecular complexity index is 1680. The lowest BCUT2D eigenvalue weighted by Crippen LogP contribution is -2.25. The molecule has 1 N–H and O–H groups in total. The molecule has 40 heavy (non-hydrogen) atoms. The first-order valence-electron chi connectivity index (χ1n) is 13.9. The summed E-state index contributed by atoms with van der Waals surface area (Å²) in [7, 11) is 0. The maximum atomic E-state index is 6.78. The van der Waals surface area contributed by atoms with Crippen molar-refractivity contribution in [1.82, 2.24) is 5.32 Å². The Morgan fingerprint density at radius 1 is 0.725 bits per heavy atom. The quantitative estimate of drug-likeness (QED) is 0.279. The lowest BCUT2D eigenvalue weighted by Gasteiger charge is -2.26. The molecule has 2 heterocycles. The van der Waals surface area contributed by atoms with E-state index in [4.69, 9.17) is 16.3 Å². The predicted molar refractivity (Wildman–Crippen MR) is 167 cm³/mol. The highest BCUT2D eigenvalue weighted by Crippen LogP contribution is 2.42. The van der Waals surface area contributed by atoms with Crippen LogP contribution < -0.4 is 10.1 Å². The molecule has 196 valence electrons. The van der Waals surface area contributed by atoms with Gasteiger partial charge in [-0.15, -0.1) is 0 Å². The van der Waals surface area contributed by atoms with Crippen LogP contribution in [0.15, 0.2) is 132 Å². The molecule has 7 rings (SSSR count). The Balaban J connectivity index is 1.13. The van der Waals surface area contributed by atoms with E-state index in [0.717, 1.165) is 28.5 Å². The van der Waals surface area contributed by atoms with Crippen molar-refractivity contribution in [1.29, 1.82) is 0 Å². The van der Waals surface area contributed by atoms with Crippen LogP contribution in [0.2, 0.25) is 0 Å². The molecule has 2 aliphatic heterocycles. The first-order valence-corrected chi connectivity index (χ1v) is 14.3. The van der Waals surface area contributed by atoms with Gasteiger partial charge in [0.1, 0.15) is 11.9 Å². The van der Waals surface area contributed by atoms with Gasteiger partial charge in [0.2, 0.25) is 0 Å². The topological polar surface area (TPSA) is 21.3 Å². The Kier molecular flexibility index (Phi) is 6.42. The lowest BCUT2D eigenvalue weighted by atomic mass is 9.92. The fraction of sp³-hybridized carbons (Fsp3) is 0.135. The van der Waals surface area contributed by atoms with Crippen LogP contribution in [0.25, 0.3) is 33.5 Å². The van der Waals surface area contributed by atoms with E-state index >= 15 is 0 Å². The molecular weight excluding hydrogens is 510 g/mol. The second kappa shape index (κ2) is 10.4. The minimum absolute atomic E-state index is 0.0377. The summed E-state index contributed by atoms with van der Waals surface area (Å²) in [5.74, 6) is 1.07. The number of nitrogens with one attached hydrogen (secondary N) is 1. The molecule has 3 unspecified atom stereocenters. The molecule has 0 radical (unpaired) electrons. The van der Waals surface area contributed by atoms with Crippen molar-refractivity contribution in [3.05, 3.63) is 149 Å². The molecule has 0 saturated heterocycles. The molecule has 0 saturated carbocycles. The van der Waals surface area contributed by atoms with Gasteiger partial charge in [0.25, 0.3) is 0 Å². The van der Waals surface area contributed by atoms with Crippen molar-refractivity contribution in [2.75, 3.05) is 0 Å². The maximum absolute atomic E-state index is 6.78. The van der Waals surface area contributed by atoms with E-state index in [1.165, 1.54) is 39.0 Å². The van der Waals surface area contributed by atoms with Crippen molar-refractivity contribution < 1.29 is 4.74 Å². The first kappa shape index (κ1) is 24.7. The minimum Gasteiger partial charge on any atom is -0.485 e. The molecule has 4 aromatic carbocycles. The largest absolute Gasteiger partial charge is 0.485 e. The fourth-order valence-corrected chi connectivity index (χ4v) is 6.09. The zero-order valence-corrected chi connectivity index (χ0v) is 23.1. The predicted octanol–water partition coefficient (Wildman–Crippen LogP) is 9.57. The first-order chi connectivity index (χ1) is 19.6. The number of fused-ring (bicyclic) bond motifs is 3. The zero-order chi connectivity index (χ0) is 27.1. The van der Waals surface area contributed by atoms with Crippen molar-refractivity contribution in [2.24, 2.45) is 5.92 Å². The molecule has 1 aliphatic carbocycles. The van der Waals surface area contributed by atoms with Gasteiger partial charge in [-0.25, -0.2) is 0 Å². The number of hydrogen-bond donors (Lipinski definition) is 1. The smallest absolute Gasteiger partial charge is 0.128 e. The van der Waals surface area contributed by atoms with E-state index in [9.17, 15) is 0 Å². The molecular formula is C37H30ClNO. The van der Waals surface area contributed by atoms with Crippen molar-refractivity contribution in [3.63, 3.8) is 0 Å². The number of hydrogen-bond acceptors (Lipinski definition) is 2. The molecule has 0 bridgehead atoms. The normalized spacial score (nSPS) is 21.1. The average Bonchev–Trinajstić information content (AvgIpc) is 3.32. The van der Waals surface area contributed by atoms with Gasteiger partial charge >= 0.3 is 0 Å². The number of ether oxygens (including phenoxy) is 1. The third-order valence-electron chi connectivity index (χ3n) is 8.23. The third kappa shape index (κ3) is 4.59. The van der Waals surface area contributed by atoms with Gasteiger partial charge < -0.3 is 10.1 Å². The highest BCUT2D eigenvalue weighted by Gasteiger charge is 2.30. The SMILES string of the molecule is CC1C(Cl)=CC=C(c2ccc3c(c2)OC2CC=CC=C32)NC1c1ccc(-c2ccc(-c3ccccc3)cc2)cc1. The average molecular weight is 540 g/mol. The Morgan fingerprint density at radius 2 is 1.38 bits per heavy atom. The summed E-state index contributed by atoms with van der Waals surface area (Å²) in [6.45, 7) is 2.18. The second-order valence-electron chi connectivity index (χ2n) is 10.7. The van der Waals surface area contributed by atoms with Gasteiger partial charge in [-0.1, -0.05) is 128 Å². The molecule has 3 atom stereocenters. The van der Waals surface area contributed by atoms with Crippen LogP contribution in [0, 0.1) is 5.92 Å². The lowest BCUT2D eigenvalue weighted by molar-refractivity contribution is 0.279. The highest BCUT2D eigenvalue weighted by atomic mass is 35.5. The summed E-state index contributed by atoms with van der Waals surface area (Å²) in [4.78, 5) is 0. The number of halogens is 1. The summed E-state index contributed by atoms with van der Waals surface area (Å²) in [5.41, 5.74) is 10.7. The summed E-state index contributed by atoms with van der Waals surface area (Å²) in [6, 6.07) is 34.7. The van der Waals surface area contributed by atoms with E-state index in [-0.39, 0.29) is 18.1 Å². The van der Waals surface area contributed by atoms with E-state index < -0.39 is 0 Å². The van der Waals surface area contributed by atoms with E-state index in [1.807, 2.05) is 12.1 Å². The Labute approximate surface area is 241 Å². The highest BCUT2D eigenvalue weighted by molar-refractivity contribution is 6.30. The fourth-order valence-electron chi connectivity index (χ4n) is 5.90. The number of benzene rings is 4. The molecule has 4 aromatic rings. The van der Waals surface area contributed by atoms with E-state index in [2.05, 4.69) is 128 Å². The van der Waals surface area contributed by atoms with Crippen LogP contribution in [0.3, 0.4) is 0 Å². The molecule has 0 aromatic heterocycles. The molecule has 3 aliphatic rings. The summed E-state index contributed by atoms with van der Waals surface area (Å²) < 4.78 is 6.30. The van der Waals surface area contributed by atoms with Crippen molar-refractivity contribution in [2.45, 2.75) is 25.5 Å². The van der Waals surface area contributed by atoms with Crippen LogP contribution in [0.4, 0.5) is 0 Å². The standard InChI is InChI=1S/C37H30ClNO/c1-24-33(38)21-22-34(30-19-20-32-31-9-5-6-10-35(31)40-36(32)23-30)39-37(24)29-17-15-28(16-18-29)27-13-11-26(12-14-27)25-7-3-2-4-8-25/h2-9,11-24,35,37,39H,10H2,1H3. The van der Waals surface area contributed by atoms with Crippen LogP contribution in [0.5, 0.6) is 5.75 Å². The van der Waals surface area contributed by atoms with Crippen LogP contribution in [0.1, 0.15) is 36.1 Å². The molecule has 0 fully saturated rings. The van der Waals surface area contributed by atoms with E-state index in [1.54, 1.807) is 0 Å². The van der Waals surface area contributed by atoms with Crippen LogP contribution in [-0.2, 0) is 0 Å². The van der Waals surface area contributed by atoms with Crippen molar-refractivity contribution >= 4 is 22.9 Å². The van der Waals surface area contributed by atoms with Gasteiger partial charge in [0, 0.05) is 39.8 Å².